The summed E-state index contributed by atoms with van der Waals surface area (Å²) in [7, 11) is 0. The highest BCUT2D eigenvalue weighted by Gasteiger charge is 2.31. The molecule has 0 radical (unpaired) electrons. The summed E-state index contributed by atoms with van der Waals surface area (Å²) in [4.78, 5) is 49.9. The zero-order chi connectivity index (χ0) is 25.8. The van der Waals surface area contributed by atoms with Crippen molar-refractivity contribution in [3.05, 3.63) is 29.8 Å². The SMILES string of the molecule is CSCCC(NC(=O)C(Cc1ccc(O)cc1)NC(=O)C(N)CS)C(=O)NC(C(=O)O)C(C)C. The van der Waals surface area contributed by atoms with Gasteiger partial charge in [-0.2, -0.15) is 24.4 Å². The lowest BCUT2D eigenvalue weighted by molar-refractivity contribution is -0.143. The summed E-state index contributed by atoms with van der Waals surface area (Å²) in [6.07, 6.45) is 2.19. The molecule has 0 fully saturated rings. The van der Waals surface area contributed by atoms with Gasteiger partial charge in [0.05, 0.1) is 6.04 Å². The van der Waals surface area contributed by atoms with Gasteiger partial charge in [0.2, 0.25) is 17.7 Å². The first-order valence-electron chi connectivity index (χ1n) is 10.8. The Labute approximate surface area is 209 Å². The molecule has 10 nitrogen and oxygen atoms in total. The molecular weight excluding hydrogens is 480 g/mol. The third-order valence-corrected chi connectivity index (χ3v) is 6.05. The molecule has 0 aliphatic carbocycles. The Balaban J connectivity index is 3.09. The van der Waals surface area contributed by atoms with Crippen LogP contribution in [-0.2, 0) is 25.6 Å². The lowest BCUT2D eigenvalue weighted by atomic mass is 10.0. The van der Waals surface area contributed by atoms with Gasteiger partial charge in [-0.3, -0.25) is 14.4 Å². The van der Waals surface area contributed by atoms with E-state index in [1.807, 2.05) is 6.26 Å². The number of amides is 3. The molecule has 1 aromatic rings. The number of aliphatic carboxylic acids is 1. The van der Waals surface area contributed by atoms with Crippen LogP contribution in [0.4, 0.5) is 0 Å². The third kappa shape index (κ3) is 9.82. The fourth-order valence-corrected chi connectivity index (χ4v) is 3.62. The van der Waals surface area contributed by atoms with E-state index in [2.05, 4.69) is 28.6 Å². The van der Waals surface area contributed by atoms with Crippen LogP contribution in [0.3, 0.4) is 0 Å². The van der Waals surface area contributed by atoms with Gasteiger partial charge in [0.25, 0.3) is 0 Å². The normalized spacial score (nSPS) is 14.5. The molecule has 3 amide bonds. The highest BCUT2D eigenvalue weighted by Crippen LogP contribution is 2.12. The smallest absolute Gasteiger partial charge is 0.326 e. The van der Waals surface area contributed by atoms with Gasteiger partial charge in [-0.25, -0.2) is 4.79 Å². The summed E-state index contributed by atoms with van der Waals surface area (Å²) < 4.78 is 0. The van der Waals surface area contributed by atoms with Crippen LogP contribution in [0.25, 0.3) is 0 Å². The van der Waals surface area contributed by atoms with E-state index < -0.39 is 47.9 Å². The molecule has 0 spiro atoms. The first-order chi connectivity index (χ1) is 16.0. The van der Waals surface area contributed by atoms with Gasteiger partial charge in [-0.1, -0.05) is 26.0 Å². The zero-order valence-electron chi connectivity index (χ0n) is 19.5. The van der Waals surface area contributed by atoms with Gasteiger partial charge >= 0.3 is 5.97 Å². The second kappa shape index (κ2) is 14.7. The Morgan fingerprint density at radius 2 is 1.56 bits per heavy atom. The van der Waals surface area contributed by atoms with Crippen molar-refractivity contribution in [2.24, 2.45) is 11.7 Å². The molecule has 7 N–H and O–H groups in total. The van der Waals surface area contributed by atoms with Crippen molar-refractivity contribution >= 4 is 48.1 Å². The van der Waals surface area contributed by atoms with E-state index in [1.54, 1.807) is 26.0 Å². The van der Waals surface area contributed by atoms with Gasteiger partial charge in [0.1, 0.15) is 23.9 Å². The molecule has 0 saturated heterocycles. The molecule has 1 rings (SSSR count). The second-order valence-electron chi connectivity index (χ2n) is 8.13. The highest BCUT2D eigenvalue weighted by atomic mass is 32.2. The summed E-state index contributed by atoms with van der Waals surface area (Å²) in [6, 6.07) is 2.03. The summed E-state index contributed by atoms with van der Waals surface area (Å²) in [5.41, 5.74) is 6.39. The van der Waals surface area contributed by atoms with Crippen molar-refractivity contribution in [1.29, 1.82) is 0 Å². The van der Waals surface area contributed by atoms with Gasteiger partial charge in [-0.15, -0.1) is 0 Å². The third-order valence-electron chi connectivity index (χ3n) is 5.02. The van der Waals surface area contributed by atoms with Crippen LogP contribution >= 0.6 is 24.4 Å². The van der Waals surface area contributed by atoms with Gasteiger partial charge in [0.15, 0.2) is 0 Å². The molecule has 0 saturated carbocycles. The molecule has 0 heterocycles. The predicted octanol–water partition coefficient (Wildman–Crippen LogP) is 0.140. The minimum Gasteiger partial charge on any atom is -0.508 e. The minimum atomic E-state index is -1.17. The van der Waals surface area contributed by atoms with Crippen molar-refractivity contribution in [1.82, 2.24) is 16.0 Å². The average molecular weight is 515 g/mol. The van der Waals surface area contributed by atoms with Crippen LogP contribution in [0, 0.1) is 5.92 Å². The predicted molar refractivity (Wildman–Crippen MR) is 135 cm³/mol. The maximum absolute atomic E-state index is 13.2. The quantitative estimate of drug-likeness (QED) is 0.172. The average Bonchev–Trinajstić information content (AvgIpc) is 2.79. The number of aromatic hydroxyl groups is 1. The van der Waals surface area contributed by atoms with Crippen LogP contribution in [0.2, 0.25) is 0 Å². The largest absolute Gasteiger partial charge is 0.508 e. The number of phenols is 1. The summed E-state index contributed by atoms with van der Waals surface area (Å²) in [5, 5.41) is 26.6. The van der Waals surface area contributed by atoms with Crippen LogP contribution in [-0.4, -0.2) is 75.8 Å². The Hall–Kier alpha value is -2.44. The lowest BCUT2D eigenvalue weighted by Crippen LogP contribution is -2.58. The van der Waals surface area contributed by atoms with Crippen molar-refractivity contribution in [3.63, 3.8) is 0 Å². The Kier molecular flexibility index (Phi) is 12.8. The number of nitrogens with two attached hydrogens (primary N) is 1. The monoisotopic (exact) mass is 514 g/mol. The van der Waals surface area contributed by atoms with Crippen molar-refractivity contribution in [3.8, 4) is 5.75 Å². The summed E-state index contributed by atoms with van der Waals surface area (Å²) in [5.74, 6) is -2.68. The number of carboxylic acids is 1. The van der Waals surface area contributed by atoms with Crippen LogP contribution in [0.1, 0.15) is 25.8 Å². The topological polar surface area (TPSA) is 171 Å². The number of carboxylic acid groups (broad SMARTS) is 1. The molecule has 0 bridgehead atoms. The maximum atomic E-state index is 13.2. The van der Waals surface area contributed by atoms with Crippen LogP contribution in [0.15, 0.2) is 24.3 Å². The van der Waals surface area contributed by atoms with Gasteiger partial charge in [-0.05, 0) is 42.0 Å². The number of thiol groups is 1. The summed E-state index contributed by atoms with van der Waals surface area (Å²) >= 11 is 5.48. The second-order valence-corrected chi connectivity index (χ2v) is 9.48. The standard InChI is InChI=1S/C22H34N4O6S2/c1-12(2)18(22(31)32)26-20(29)16(8-9-34-3)24-21(30)17(25-19(28)15(23)11-33)10-13-4-6-14(27)7-5-13/h4-7,12,15-18,27,33H,8-11,23H2,1-3H3,(H,24,30)(H,25,28)(H,26,29)(H,31,32). The maximum Gasteiger partial charge on any atom is 0.326 e. The highest BCUT2D eigenvalue weighted by molar-refractivity contribution is 7.98. The number of thioether (sulfide) groups is 1. The van der Waals surface area contributed by atoms with Crippen LogP contribution < -0.4 is 21.7 Å². The number of rotatable bonds is 14. The Bertz CT molecular complexity index is 837. The molecule has 4 atom stereocenters. The number of carbonyl (C=O) groups is 4. The molecule has 0 aromatic heterocycles. The van der Waals surface area contributed by atoms with E-state index in [0.29, 0.717) is 11.3 Å². The first kappa shape index (κ1) is 29.6. The number of hydrogen-bond acceptors (Lipinski definition) is 8. The molecule has 12 heteroatoms. The van der Waals surface area contributed by atoms with E-state index in [4.69, 9.17) is 5.73 Å². The number of benzene rings is 1. The molecule has 0 aliphatic heterocycles. The minimum absolute atomic E-state index is 0.0535. The molecule has 1 aromatic carbocycles. The van der Waals surface area contributed by atoms with E-state index in [-0.39, 0.29) is 30.3 Å². The van der Waals surface area contributed by atoms with Crippen molar-refractivity contribution < 1.29 is 29.4 Å². The van der Waals surface area contributed by atoms with E-state index in [9.17, 15) is 29.4 Å². The van der Waals surface area contributed by atoms with E-state index in [1.165, 1.54) is 23.9 Å². The van der Waals surface area contributed by atoms with E-state index in [0.717, 1.165) is 0 Å². The fraction of sp³-hybridized carbons (Fsp3) is 0.545. The molecular formula is C22H34N4O6S2. The van der Waals surface area contributed by atoms with Crippen molar-refractivity contribution in [2.45, 2.75) is 50.9 Å². The Morgan fingerprint density at radius 1 is 1.00 bits per heavy atom. The van der Waals surface area contributed by atoms with Crippen LogP contribution in [0.5, 0.6) is 5.75 Å². The molecule has 0 aliphatic rings. The number of hydrogen-bond donors (Lipinski definition) is 7. The van der Waals surface area contributed by atoms with Gasteiger partial charge in [0, 0.05) is 12.2 Å². The fourth-order valence-electron chi connectivity index (χ4n) is 2.98. The molecule has 190 valence electrons. The number of carbonyl (C=O) groups excluding carboxylic acids is 3. The van der Waals surface area contributed by atoms with Gasteiger partial charge < -0.3 is 31.9 Å². The number of phenolic OH excluding ortho intramolecular Hbond substituents is 1. The van der Waals surface area contributed by atoms with E-state index >= 15 is 0 Å². The zero-order valence-corrected chi connectivity index (χ0v) is 21.2. The molecule has 34 heavy (non-hydrogen) atoms. The first-order valence-corrected chi connectivity index (χ1v) is 12.8. The summed E-state index contributed by atoms with van der Waals surface area (Å²) in [6.45, 7) is 3.34. The number of nitrogens with one attached hydrogen (secondary N) is 3. The van der Waals surface area contributed by atoms with Crippen molar-refractivity contribution in [2.75, 3.05) is 17.8 Å². The Morgan fingerprint density at radius 3 is 2.06 bits per heavy atom. The molecule has 4 unspecified atom stereocenters. The lowest BCUT2D eigenvalue weighted by Gasteiger charge is -2.26.